The topological polar surface area (TPSA) is 63.4 Å². The highest BCUT2D eigenvalue weighted by molar-refractivity contribution is 5.81. The fourth-order valence-corrected chi connectivity index (χ4v) is 1.91. The van der Waals surface area contributed by atoms with Crippen molar-refractivity contribution in [3.05, 3.63) is 0 Å². The lowest BCUT2D eigenvalue weighted by Gasteiger charge is -2.30. The number of rotatable bonds is 8. The number of carbonyl (C=O) groups is 2. The number of primary amides is 1. The summed E-state index contributed by atoms with van der Waals surface area (Å²) in [5.74, 6) is -0.0700. The molecule has 2 N–H and O–H groups in total. The predicted molar refractivity (Wildman–Crippen MR) is 69.4 cm³/mol. The molecule has 0 atom stereocenters. The van der Waals surface area contributed by atoms with Gasteiger partial charge >= 0.3 is 0 Å². The summed E-state index contributed by atoms with van der Waals surface area (Å²) in [4.78, 5) is 24.7. The van der Waals surface area contributed by atoms with E-state index in [9.17, 15) is 9.59 Å². The van der Waals surface area contributed by atoms with E-state index in [1.807, 2.05) is 32.6 Å². The van der Waals surface area contributed by atoms with Gasteiger partial charge in [-0.2, -0.15) is 0 Å². The molecule has 0 aromatic rings. The molecule has 0 aromatic carbocycles. The molecule has 0 fully saturated rings. The molecular weight excluding hydrogens is 216 g/mol. The summed E-state index contributed by atoms with van der Waals surface area (Å²) in [6.07, 6.45) is 2.85. The quantitative estimate of drug-likeness (QED) is 0.661. The Morgan fingerprint density at radius 3 is 2.06 bits per heavy atom. The minimum Gasteiger partial charge on any atom is -0.370 e. The van der Waals surface area contributed by atoms with Gasteiger partial charge in [-0.05, 0) is 26.7 Å². The van der Waals surface area contributed by atoms with Crippen molar-refractivity contribution in [2.45, 2.75) is 53.4 Å². The van der Waals surface area contributed by atoms with Crippen molar-refractivity contribution in [1.29, 1.82) is 0 Å². The van der Waals surface area contributed by atoms with Crippen LogP contribution in [0.15, 0.2) is 0 Å². The Morgan fingerprint density at radius 2 is 1.65 bits per heavy atom. The minimum atomic E-state index is -0.344. The molecule has 0 aliphatic carbocycles. The van der Waals surface area contributed by atoms with Gasteiger partial charge in [-0.3, -0.25) is 9.59 Å². The van der Waals surface area contributed by atoms with E-state index in [1.165, 1.54) is 0 Å². The van der Waals surface area contributed by atoms with Crippen molar-refractivity contribution in [2.24, 2.45) is 11.1 Å². The van der Waals surface area contributed by atoms with Gasteiger partial charge in [0.25, 0.3) is 0 Å². The molecule has 0 aromatic heterocycles. The third-order valence-electron chi connectivity index (χ3n) is 3.10. The zero-order chi connectivity index (χ0) is 13.5. The second-order valence-corrected chi connectivity index (χ2v) is 5.03. The first kappa shape index (κ1) is 15.9. The van der Waals surface area contributed by atoms with Crippen LogP contribution in [0.3, 0.4) is 0 Å². The number of hydrogen-bond acceptors (Lipinski definition) is 2. The van der Waals surface area contributed by atoms with Gasteiger partial charge in [-0.1, -0.05) is 20.3 Å². The van der Waals surface area contributed by atoms with E-state index in [0.29, 0.717) is 6.42 Å². The van der Waals surface area contributed by atoms with Crippen LogP contribution < -0.4 is 5.73 Å². The van der Waals surface area contributed by atoms with Crippen LogP contribution in [0.25, 0.3) is 0 Å². The van der Waals surface area contributed by atoms with Crippen LogP contribution in [0.2, 0.25) is 0 Å². The molecule has 17 heavy (non-hydrogen) atoms. The first-order valence-corrected chi connectivity index (χ1v) is 6.42. The summed E-state index contributed by atoms with van der Waals surface area (Å²) in [5.41, 5.74) is 4.74. The zero-order valence-corrected chi connectivity index (χ0v) is 11.6. The molecule has 0 unspecified atom stereocenters. The third kappa shape index (κ3) is 5.71. The first-order valence-electron chi connectivity index (χ1n) is 6.42. The monoisotopic (exact) mass is 242 g/mol. The molecular formula is C13H26N2O2. The highest BCUT2D eigenvalue weighted by Crippen LogP contribution is 2.26. The van der Waals surface area contributed by atoms with Crippen LogP contribution in [0.4, 0.5) is 0 Å². The van der Waals surface area contributed by atoms with Crippen molar-refractivity contribution in [2.75, 3.05) is 13.1 Å². The molecule has 0 rings (SSSR count). The van der Waals surface area contributed by atoms with Gasteiger partial charge in [0.1, 0.15) is 0 Å². The van der Waals surface area contributed by atoms with Crippen LogP contribution in [-0.2, 0) is 9.59 Å². The molecule has 4 heteroatoms. The smallest absolute Gasteiger partial charge is 0.228 e. The molecule has 0 aliphatic rings. The molecule has 0 saturated heterocycles. The van der Waals surface area contributed by atoms with Crippen molar-refractivity contribution < 1.29 is 9.59 Å². The van der Waals surface area contributed by atoms with E-state index in [2.05, 4.69) is 0 Å². The van der Waals surface area contributed by atoms with Crippen LogP contribution in [0, 0.1) is 5.41 Å². The number of nitrogens with two attached hydrogens (primary N) is 1. The van der Waals surface area contributed by atoms with Gasteiger partial charge in [0, 0.05) is 24.9 Å². The van der Waals surface area contributed by atoms with Gasteiger partial charge in [-0.25, -0.2) is 0 Å². The van der Waals surface area contributed by atoms with Crippen molar-refractivity contribution in [1.82, 2.24) is 4.90 Å². The highest BCUT2D eigenvalue weighted by atomic mass is 16.2. The van der Waals surface area contributed by atoms with E-state index in [4.69, 9.17) is 5.73 Å². The lowest BCUT2D eigenvalue weighted by Crippen LogP contribution is -2.40. The summed E-state index contributed by atoms with van der Waals surface area (Å²) in [7, 11) is 0. The Labute approximate surface area is 105 Å². The molecule has 100 valence electrons. The first-order chi connectivity index (χ1) is 7.85. The largest absolute Gasteiger partial charge is 0.370 e. The maximum Gasteiger partial charge on any atom is 0.228 e. The third-order valence-corrected chi connectivity index (χ3v) is 3.10. The maximum absolute atomic E-state index is 12.2. The lowest BCUT2D eigenvalue weighted by molar-refractivity contribution is -0.140. The number of amides is 2. The summed E-state index contributed by atoms with van der Waals surface area (Å²) in [6, 6.07) is 0. The summed E-state index contributed by atoms with van der Waals surface area (Å²) in [5, 5.41) is 0. The van der Waals surface area contributed by atoms with Gasteiger partial charge in [0.05, 0.1) is 0 Å². The van der Waals surface area contributed by atoms with Gasteiger partial charge in [0.15, 0.2) is 0 Å². The molecule has 0 radical (unpaired) electrons. The SMILES string of the molecule is CCN(CC)C(=O)C(C)(C)CCCCC(N)=O. The highest BCUT2D eigenvalue weighted by Gasteiger charge is 2.30. The van der Waals surface area contributed by atoms with Crippen LogP contribution in [0.5, 0.6) is 0 Å². The van der Waals surface area contributed by atoms with E-state index >= 15 is 0 Å². The number of nitrogens with zero attached hydrogens (tertiary/aromatic N) is 1. The van der Waals surface area contributed by atoms with Crippen LogP contribution in [0.1, 0.15) is 53.4 Å². The minimum absolute atomic E-state index is 0.196. The van der Waals surface area contributed by atoms with Crippen LogP contribution in [-0.4, -0.2) is 29.8 Å². The number of hydrogen-bond donors (Lipinski definition) is 1. The lowest BCUT2D eigenvalue weighted by atomic mass is 9.85. The van der Waals surface area contributed by atoms with E-state index < -0.39 is 0 Å². The summed E-state index contributed by atoms with van der Waals surface area (Å²) in [6.45, 7) is 9.42. The molecule has 0 bridgehead atoms. The summed E-state index contributed by atoms with van der Waals surface area (Å²) < 4.78 is 0. The van der Waals surface area contributed by atoms with Crippen molar-refractivity contribution in [3.63, 3.8) is 0 Å². The Kier molecular flexibility index (Phi) is 6.85. The zero-order valence-electron chi connectivity index (χ0n) is 11.6. The standard InChI is InChI=1S/C13H26N2O2/c1-5-15(6-2)12(17)13(3,4)10-8-7-9-11(14)16/h5-10H2,1-4H3,(H2,14,16). The van der Waals surface area contributed by atoms with Gasteiger partial charge in [-0.15, -0.1) is 0 Å². The van der Waals surface area contributed by atoms with Crippen molar-refractivity contribution in [3.8, 4) is 0 Å². The fraction of sp³-hybridized carbons (Fsp3) is 0.846. The molecule has 4 nitrogen and oxygen atoms in total. The Balaban J connectivity index is 4.17. The maximum atomic E-state index is 12.2. The average molecular weight is 242 g/mol. The van der Waals surface area contributed by atoms with Crippen LogP contribution >= 0.6 is 0 Å². The second-order valence-electron chi connectivity index (χ2n) is 5.03. The summed E-state index contributed by atoms with van der Waals surface area (Å²) >= 11 is 0. The molecule has 2 amide bonds. The van der Waals surface area contributed by atoms with E-state index in [1.54, 1.807) is 0 Å². The fourth-order valence-electron chi connectivity index (χ4n) is 1.91. The van der Waals surface area contributed by atoms with Gasteiger partial charge < -0.3 is 10.6 Å². The molecule has 0 spiro atoms. The Bertz CT molecular complexity index is 258. The van der Waals surface area contributed by atoms with E-state index in [0.717, 1.165) is 32.4 Å². The van der Waals surface area contributed by atoms with E-state index in [-0.39, 0.29) is 17.2 Å². The normalized spacial score (nSPS) is 11.3. The Hall–Kier alpha value is -1.06. The Morgan fingerprint density at radius 1 is 1.12 bits per heavy atom. The molecule has 0 heterocycles. The van der Waals surface area contributed by atoms with Gasteiger partial charge in [0.2, 0.25) is 11.8 Å². The van der Waals surface area contributed by atoms with Crippen molar-refractivity contribution >= 4 is 11.8 Å². The molecule has 0 saturated carbocycles. The second kappa shape index (κ2) is 7.30. The predicted octanol–water partition coefficient (Wildman–Crippen LogP) is 1.93. The molecule has 0 aliphatic heterocycles. The number of carbonyl (C=O) groups excluding carboxylic acids is 2. The average Bonchev–Trinajstić information content (AvgIpc) is 2.26. The number of unbranched alkanes of at least 4 members (excludes halogenated alkanes) is 1.